The number of methoxy groups -OCH3 is 1. The van der Waals surface area contributed by atoms with Crippen LogP contribution < -0.4 is 4.90 Å². The van der Waals surface area contributed by atoms with Gasteiger partial charge in [-0.3, -0.25) is 14.6 Å². The van der Waals surface area contributed by atoms with Gasteiger partial charge in [0.25, 0.3) is 0 Å². The first kappa shape index (κ1) is 20.5. The summed E-state index contributed by atoms with van der Waals surface area (Å²) in [5, 5.41) is 3.18. The SMILES string of the molecule is CO[C@H](C)c1nc(CN2CCCN(CC(=O)N3CCc4ccccc43)CC2)cs1. The van der Waals surface area contributed by atoms with Gasteiger partial charge in [-0.15, -0.1) is 11.3 Å². The predicted molar refractivity (Wildman–Crippen MR) is 116 cm³/mol. The van der Waals surface area contributed by atoms with E-state index in [0.717, 1.165) is 68.5 Å². The van der Waals surface area contributed by atoms with Crippen molar-refractivity contribution >= 4 is 22.9 Å². The maximum absolute atomic E-state index is 12.9. The van der Waals surface area contributed by atoms with Crippen molar-refractivity contribution < 1.29 is 9.53 Å². The monoisotopic (exact) mass is 414 g/mol. The first-order valence-electron chi connectivity index (χ1n) is 10.4. The molecule has 0 saturated carbocycles. The maximum atomic E-state index is 12.9. The zero-order valence-electron chi connectivity index (χ0n) is 17.3. The first-order chi connectivity index (χ1) is 14.1. The van der Waals surface area contributed by atoms with Gasteiger partial charge in [-0.05, 0) is 44.5 Å². The van der Waals surface area contributed by atoms with Crippen LogP contribution in [0.2, 0.25) is 0 Å². The summed E-state index contributed by atoms with van der Waals surface area (Å²) >= 11 is 1.67. The van der Waals surface area contributed by atoms with Crippen LogP contribution in [-0.4, -0.2) is 67.1 Å². The number of anilines is 1. The molecule has 1 aromatic heterocycles. The lowest BCUT2D eigenvalue weighted by Gasteiger charge is -2.24. The van der Waals surface area contributed by atoms with E-state index in [1.807, 2.05) is 17.9 Å². The van der Waals surface area contributed by atoms with Crippen molar-refractivity contribution in [1.29, 1.82) is 0 Å². The zero-order chi connectivity index (χ0) is 20.2. The number of thiazole rings is 1. The van der Waals surface area contributed by atoms with Gasteiger partial charge >= 0.3 is 0 Å². The second kappa shape index (κ2) is 9.34. The molecule has 156 valence electrons. The molecule has 1 amide bonds. The fourth-order valence-electron chi connectivity index (χ4n) is 4.13. The molecule has 0 bridgehead atoms. The fraction of sp³-hybridized carbons (Fsp3) is 0.545. The van der Waals surface area contributed by atoms with Crippen LogP contribution in [0.1, 0.15) is 35.7 Å². The third-order valence-electron chi connectivity index (χ3n) is 5.88. The number of carbonyl (C=O) groups is 1. The van der Waals surface area contributed by atoms with Gasteiger partial charge in [0.1, 0.15) is 11.1 Å². The van der Waals surface area contributed by atoms with Crippen molar-refractivity contribution in [2.45, 2.75) is 32.4 Å². The van der Waals surface area contributed by atoms with Crippen LogP contribution in [-0.2, 0) is 22.5 Å². The maximum Gasteiger partial charge on any atom is 0.241 e. The number of hydrogen-bond donors (Lipinski definition) is 0. The fourth-order valence-corrected chi connectivity index (χ4v) is 4.97. The minimum atomic E-state index is 0.0510. The molecule has 0 radical (unpaired) electrons. The standard InChI is InChI=1S/C22H30N4O2S/c1-17(28-2)22-23-19(16-29-22)14-24-9-5-10-25(13-12-24)15-21(27)26-11-8-18-6-3-4-7-20(18)26/h3-4,6-7,16-17H,5,8-15H2,1-2H3/t17-/m1/s1. The number of benzene rings is 1. The number of hydrogen-bond acceptors (Lipinski definition) is 6. The normalized spacial score (nSPS) is 19.2. The number of rotatable bonds is 6. The van der Waals surface area contributed by atoms with Gasteiger partial charge in [0, 0.05) is 44.4 Å². The number of fused-ring (bicyclic) bond motifs is 1. The van der Waals surface area contributed by atoms with Crippen LogP contribution in [0.15, 0.2) is 29.6 Å². The van der Waals surface area contributed by atoms with Crippen molar-refractivity contribution in [1.82, 2.24) is 14.8 Å². The van der Waals surface area contributed by atoms with Gasteiger partial charge < -0.3 is 9.64 Å². The Balaban J connectivity index is 1.29. The summed E-state index contributed by atoms with van der Waals surface area (Å²) in [4.78, 5) is 24.4. The van der Waals surface area contributed by atoms with Crippen molar-refractivity contribution in [2.75, 3.05) is 51.3 Å². The lowest BCUT2D eigenvalue weighted by molar-refractivity contribution is -0.119. The summed E-state index contributed by atoms with van der Waals surface area (Å²) in [6.45, 7) is 8.13. The average molecular weight is 415 g/mol. The lowest BCUT2D eigenvalue weighted by Crippen LogP contribution is -2.41. The van der Waals surface area contributed by atoms with Crippen LogP contribution >= 0.6 is 11.3 Å². The molecule has 0 unspecified atom stereocenters. The summed E-state index contributed by atoms with van der Waals surface area (Å²) in [6, 6.07) is 8.27. The van der Waals surface area contributed by atoms with Crippen LogP contribution in [0.4, 0.5) is 5.69 Å². The lowest BCUT2D eigenvalue weighted by atomic mass is 10.2. The Labute approximate surface area is 177 Å². The molecule has 3 heterocycles. The topological polar surface area (TPSA) is 48.9 Å². The molecule has 0 aliphatic carbocycles. The van der Waals surface area contributed by atoms with Crippen LogP contribution in [0.3, 0.4) is 0 Å². The summed E-state index contributed by atoms with van der Waals surface area (Å²) in [6.07, 6.45) is 2.10. The second-order valence-corrected chi connectivity index (χ2v) is 8.77. The highest BCUT2D eigenvalue weighted by Crippen LogP contribution is 2.27. The predicted octanol–water partition coefficient (Wildman–Crippen LogP) is 2.95. The smallest absolute Gasteiger partial charge is 0.241 e. The Morgan fingerprint density at radius 3 is 2.83 bits per heavy atom. The molecule has 1 saturated heterocycles. The van der Waals surface area contributed by atoms with Crippen molar-refractivity contribution in [3.8, 4) is 0 Å². The van der Waals surface area contributed by atoms with Gasteiger partial charge in [-0.1, -0.05) is 18.2 Å². The van der Waals surface area contributed by atoms with E-state index in [-0.39, 0.29) is 12.0 Å². The molecule has 2 aliphatic rings. The number of aromatic nitrogens is 1. The molecule has 1 fully saturated rings. The number of para-hydroxylation sites is 1. The van der Waals surface area contributed by atoms with Crippen LogP contribution in [0.5, 0.6) is 0 Å². The molecule has 0 spiro atoms. The van der Waals surface area contributed by atoms with Gasteiger partial charge in [-0.2, -0.15) is 0 Å². The second-order valence-electron chi connectivity index (χ2n) is 7.88. The molecule has 1 aromatic carbocycles. The molecule has 1 atom stereocenters. The molecular weight excluding hydrogens is 384 g/mol. The van der Waals surface area contributed by atoms with E-state index < -0.39 is 0 Å². The Kier molecular flexibility index (Phi) is 6.60. The molecule has 4 rings (SSSR count). The number of nitrogens with zero attached hydrogens (tertiary/aromatic N) is 4. The molecular formula is C22H30N4O2S. The molecule has 7 heteroatoms. The first-order valence-corrected chi connectivity index (χ1v) is 11.3. The van der Waals surface area contributed by atoms with E-state index in [1.54, 1.807) is 18.4 Å². The number of carbonyl (C=O) groups excluding carboxylic acids is 1. The highest BCUT2D eigenvalue weighted by molar-refractivity contribution is 7.09. The Hall–Kier alpha value is -1.80. The van der Waals surface area contributed by atoms with E-state index in [9.17, 15) is 4.79 Å². The highest BCUT2D eigenvalue weighted by Gasteiger charge is 2.26. The minimum absolute atomic E-state index is 0.0510. The van der Waals surface area contributed by atoms with Crippen molar-refractivity contribution in [3.05, 3.63) is 45.9 Å². The Morgan fingerprint density at radius 1 is 1.17 bits per heavy atom. The summed E-state index contributed by atoms with van der Waals surface area (Å²) in [7, 11) is 1.72. The molecule has 2 aliphatic heterocycles. The highest BCUT2D eigenvalue weighted by atomic mass is 32.1. The van der Waals surface area contributed by atoms with Crippen molar-refractivity contribution in [3.63, 3.8) is 0 Å². The summed E-state index contributed by atoms with van der Waals surface area (Å²) in [5.41, 5.74) is 3.50. The van der Waals surface area contributed by atoms with Crippen LogP contribution in [0.25, 0.3) is 0 Å². The van der Waals surface area contributed by atoms with E-state index >= 15 is 0 Å². The summed E-state index contributed by atoms with van der Waals surface area (Å²) < 4.78 is 5.37. The quantitative estimate of drug-likeness (QED) is 0.727. The van der Waals surface area contributed by atoms with Gasteiger partial charge in [0.2, 0.25) is 5.91 Å². The Morgan fingerprint density at radius 2 is 1.97 bits per heavy atom. The average Bonchev–Trinajstić information content (AvgIpc) is 3.32. The van der Waals surface area contributed by atoms with Crippen molar-refractivity contribution in [2.24, 2.45) is 0 Å². The molecule has 0 N–H and O–H groups in total. The van der Waals surface area contributed by atoms with Gasteiger partial charge in [0.05, 0.1) is 12.2 Å². The van der Waals surface area contributed by atoms with E-state index in [2.05, 4.69) is 33.4 Å². The largest absolute Gasteiger partial charge is 0.375 e. The van der Waals surface area contributed by atoms with E-state index in [1.165, 1.54) is 5.56 Å². The zero-order valence-corrected chi connectivity index (χ0v) is 18.2. The van der Waals surface area contributed by atoms with E-state index in [4.69, 9.17) is 9.72 Å². The third kappa shape index (κ3) is 4.86. The van der Waals surface area contributed by atoms with E-state index in [0.29, 0.717) is 6.54 Å². The number of amides is 1. The van der Waals surface area contributed by atoms with Crippen LogP contribution in [0, 0.1) is 0 Å². The minimum Gasteiger partial charge on any atom is -0.375 e. The Bertz CT molecular complexity index is 840. The third-order valence-corrected chi connectivity index (χ3v) is 6.94. The molecule has 6 nitrogen and oxygen atoms in total. The molecule has 2 aromatic rings. The van der Waals surface area contributed by atoms with Gasteiger partial charge in [0.15, 0.2) is 0 Å². The number of ether oxygens (including phenoxy) is 1. The van der Waals surface area contributed by atoms with Gasteiger partial charge in [-0.25, -0.2) is 4.98 Å². The molecule has 29 heavy (non-hydrogen) atoms. The summed E-state index contributed by atoms with van der Waals surface area (Å²) in [5.74, 6) is 0.223.